The molecule has 0 aromatic heterocycles. The standard InChI is InChI=1S/C13H20O/c1-5-6-7-11-10(2)12(14)8-9-13(11,3)4/h5-6H,7-9H2,1-4H3. The lowest BCUT2D eigenvalue weighted by Crippen LogP contribution is -2.25. The van der Waals surface area contributed by atoms with E-state index in [0.717, 1.165) is 24.8 Å². The Bertz CT molecular complexity index is 292. The maximum Gasteiger partial charge on any atom is 0.158 e. The van der Waals surface area contributed by atoms with Crippen LogP contribution in [0.1, 0.15) is 47.0 Å². The summed E-state index contributed by atoms with van der Waals surface area (Å²) in [6.45, 7) is 8.47. The largest absolute Gasteiger partial charge is 0.295 e. The van der Waals surface area contributed by atoms with Crippen molar-refractivity contribution in [1.82, 2.24) is 0 Å². The van der Waals surface area contributed by atoms with E-state index in [9.17, 15) is 4.79 Å². The Morgan fingerprint density at radius 2 is 2.07 bits per heavy atom. The van der Waals surface area contributed by atoms with Crippen molar-refractivity contribution in [3.8, 4) is 0 Å². The van der Waals surface area contributed by atoms with Crippen molar-refractivity contribution < 1.29 is 4.79 Å². The van der Waals surface area contributed by atoms with E-state index in [1.807, 2.05) is 13.8 Å². The first kappa shape index (κ1) is 11.2. The van der Waals surface area contributed by atoms with E-state index < -0.39 is 0 Å². The molecule has 1 rings (SSSR count). The zero-order valence-corrected chi connectivity index (χ0v) is 9.68. The van der Waals surface area contributed by atoms with Gasteiger partial charge >= 0.3 is 0 Å². The summed E-state index contributed by atoms with van der Waals surface area (Å²) in [5.41, 5.74) is 2.53. The van der Waals surface area contributed by atoms with Gasteiger partial charge in [-0.3, -0.25) is 4.79 Å². The van der Waals surface area contributed by atoms with Crippen molar-refractivity contribution in [3.63, 3.8) is 0 Å². The molecule has 1 nitrogen and oxygen atoms in total. The third-order valence-electron chi connectivity index (χ3n) is 3.22. The van der Waals surface area contributed by atoms with Gasteiger partial charge in [-0.25, -0.2) is 0 Å². The van der Waals surface area contributed by atoms with Gasteiger partial charge in [0.05, 0.1) is 0 Å². The number of hydrogen-bond donors (Lipinski definition) is 0. The van der Waals surface area contributed by atoms with E-state index >= 15 is 0 Å². The van der Waals surface area contributed by atoms with E-state index in [2.05, 4.69) is 26.0 Å². The molecule has 0 N–H and O–H groups in total. The summed E-state index contributed by atoms with van der Waals surface area (Å²) in [5, 5.41) is 0. The molecule has 1 aliphatic carbocycles. The number of ketones is 1. The summed E-state index contributed by atoms with van der Waals surface area (Å²) in [5.74, 6) is 0.337. The number of carbonyl (C=O) groups is 1. The van der Waals surface area contributed by atoms with E-state index in [0.29, 0.717) is 5.78 Å². The van der Waals surface area contributed by atoms with E-state index in [1.54, 1.807) is 0 Å². The molecule has 14 heavy (non-hydrogen) atoms. The third-order valence-corrected chi connectivity index (χ3v) is 3.22. The van der Waals surface area contributed by atoms with Crippen LogP contribution in [0.4, 0.5) is 0 Å². The lowest BCUT2D eigenvalue weighted by atomic mass is 9.71. The van der Waals surface area contributed by atoms with Crippen LogP contribution in [0, 0.1) is 5.41 Å². The Hall–Kier alpha value is -0.850. The minimum absolute atomic E-state index is 0.206. The molecule has 0 aliphatic heterocycles. The van der Waals surface area contributed by atoms with Crippen LogP contribution in [0.25, 0.3) is 0 Å². The highest BCUT2D eigenvalue weighted by molar-refractivity contribution is 5.96. The van der Waals surface area contributed by atoms with Gasteiger partial charge in [0, 0.05) is 6.42 Å². The molecule has 0 heterocycles. The topological polar surface area (TPSA) is 17.1 Å². The molecule has 0 aromatic carbocycles. The summed E-state index contributed by atoms with van der Waals surface area (Å²) >= 11 is 0. The summed E-state index contributed by atoms with van der Waals surface area (Å²) in [4.78, 5) is 11.6. The molecule has 0 saturated carbocycles. The van der Waals surface area contributed by atoms with E-state index in [-0.39, 0.29) is 5.41 Å². The van der Waals surface area contributed by atoms with Crippen LogP contribution < -0.4 is 0 Å². The number of allylic oxidation sites excluding steroid dienone is 4. The van der Waals surface area contributed by atoms with Crippen LogP contribution in [0.2, 0.25) is 0 Å². The maximum absolute atomic E-state index is 11.6. The van der Waals surface area contributed by atoms with E-state index in [4.69, 9.17) is 0 Å². The van der Waals surface area contributed by atoms with Crippen molar-refractivity contribution in [2.75, 3.05) is 0 Å². The zero-order chi connectivity index (χ0) is 10.8. The molecular weight excluding hydrogens is 172 g/mol. The smallest absolute Gasteiger partial charge is 0.158 e. The second-order valence-electron chi connectivity index (χ2n) is 4.68. The molecular formula is C13H20O. The highest BCUT2D eigenvalue weighted by atomic mass is 16.1. The molecule has 0 radical (unpaired) electrons. The van der Waals surface area contributed by atoms with Gasteiger partial charge in [-0.15, -0.1) is 0 Å². The van der Waals surface area contributed by atoms with Gasteiger partial charge in [0.2, 0.25) is 0 Å². The van der Waals surface area contributed by atoms with E-state index in [1.165, 1.54) is 5.57 Å². The van der Waals surface area contributed by atoms with Gasteiger partial charge in [0.25, 0.3) is 0 Å². The SMILES string of the molecule is CC=CCC1=C(C)C(=O)CCC1(C)C. The molecule has 0 bridgehead atoms. The fraction of sp³-hybridized carbons (Fsp3) is 0.615. The fourth-order valence-electron chi connectivity index (χ4n) is 2.11. The maximum atomic E-state index is 11.6. The Morgan fingerprint density at radius 3 is 2.64 bits per heavy atom. The first-order valence-corrected chi connectivity index (χ1v) is 5.33. The summed E-state index contributed by atoms with van der Waals surface area (Å²) in [6, 6.07) is 0. The van der Waals surface area contributed by atoms with Gasteiger partial charge in [-0.1, -0.05) is 31.6 Å². The predicted octanol–water partition coefficient (Wildman–Crippen LogP) is 3.66. The number of hydrogen-bond acceptors (Lipinski definition) is 1. The normalized spacial score (nSPS) is 22.1. The Labute approximate surface area is 86.9 Å². The van der Waals surface area contributed by atoms with Crippen LogP contribution in [-0.2, 0) is 4.79 Å². The van der Waals surface area contributed by atoms with Gasteiger partial charge in [0.15, 0.2) is 5.78 Å². The molecule has 0 unspecified atom stereocenters. The van der Waals surface area contributed by atoms with Crippen molar-refractivity contribution in [2.45, 2.75) is 47.0 Å². The lowest BCUT2D eigenvalue weighted by molar-refractivity contribution is -0.116. The number of Topliss-reactive ketones (excluding diaryl/α,β-unsaturated/α-hetero) is 1. The van der Waals surface area contributed by atoms with Gasteiger partial charge in [-0.05, 0) is 37.7 Å². The second kappa shape index (κ2) is 4.12. The van der Waals surface area contributed by atoms with Crippen molar-refractivity contribution in [3.05, 3.63) is 23.3 Å². The van der Waals surface area contributed by atoms with Crippen LogP contribution >= 0.6 is 0 Å². The molecule has 1 aliphatic rings. The number of rotatable bonds is 2. The minimum Gasteiger partial charge on any atom is -0.295 e. The quantitative estimate of drug-likeness (QED) is 0.610. The average Bonchev–Trinajstić information content (AvgIpc) is 2.12. The molecule has 0 fully saturated rings. The fourth-order valence-corrected chi connectivity index (χ4v) is 2.11. The Balaban J connectivity index is 3.02. The summed E-state index contributed by atoms with van der Waals surface area (Å²) < 4.78 is 0. The highest BCUT2D eigenvalue weighted by Gasteiger charge is 2.31. The Morgan fingerprint density at radius 1 is 1.43 bits per heavy atom. The van der Waals surface area contributed by atoms with Crippen molar-refractivity contribution in [2.24, 2.45) is 5.41 Å². The summed E-state index contributed by atoms with van der Waals surface area (Å²) in [7, 11) is 0. The second-order valence-corrected chi connectivity index (χ2v) is 4.68. The summed E-state index contributed by atoms with van der Waals surface area (Å²) in [6.07, 6.45) is 6.84. The molecule has 0 atom stereocenters. The van der Waals surface area contributed by atoms with Crippen molar-refractivity contribution in [1.29, 1.82) is 0 Å². The predicted molar refractivity (Wildman–Crippen MR) is 60.2 cm³/mol. The van der Waals surface area contributed by atoms with Crippen LogP contribution in [0.3, 0.4) is 0 Å². The molecule has 0 aromatic rings. The lowest BCUT2D eigenvalue weighted by Gasteiger charge is -2.33. The average molecular weight is 192 g/mol. The Kier molecular flexibility index (Phi) is 3.30. The molecule has 0 amide bonds. The monoisotopic (exact) mass is 192 g/mol. The minimum atomic E-state index is 0.206. The molecule has 0 spiro atoms. The highest BCUT2D eigenvalue weighted by Crippen LogP contribution is 2.40. The number of carbonyl (C=O) groups excluding carboxylic acids is 1. The molecule has 78 valence electrons. The van der Waals surface area contributed by atoms with Crippen molar-refractivity contribution >= 4 is 5.78 Å². The van der Waals surface area contributed by atoms with Gasteiger partial charge in [0.1, 0.15) is 0 Å². The van der Waals surface area contributed by atoms with Crippen LogP contribution in [0.5, 0.6) is 0 Å². The third kappa shape index (κ3) is 2.14. The first-order chi connectivity index (χ1) is 6.49. The van der Waals surface area contributed by atoms with Gasteiger partial charge < -0.3 is 0 Å². The van der Waals surface area contributed by atoms with Crippen LogP contribution in [-0.4, -0.2) is 5.78 Å². The van der Waals surface area contributed by atoms with Gasteiger partial charge in [-0.2, -0.15) is 0 Å². The first-order valence-electron chi connectivity index (χ1n) is 5.33. The van der Waals surface area contributed by atoms with Crippen LogP contribution in [0.15, 0.2) is 23.3 Å². The zero-order valence-electron chi connectivity index (χ0n) is 9.68. The molecule has 1 heteroatoms. The molecule has 0 saturated heterocycles.